The van der Waals surface area contributed by atoms with E-state index >= 15 is 0 Å². The molecule has 1 aliphatic rings. The van der Waals surface area contributed by atoms with Gasteiger partial charge in [0, 0.05) is 30.7 Å². The molecule has 0 aliphatic heterocycles. The van der Waals surface area contributed by atoms with Gasteiger partial charge in [-0.15, -0.1) is 0 Å². The van der Waals surface area contributed by atoms with Gasteiger partial charge in [-0.05, 0) is 37.1 Å². The Morgan fingerprint density at radius 3 is 2.78 bits per heavy atom. The Morgan fingerprint density at radius 2 is 2.13 bits per heavy atom. The number of hydrogen-bond donors (Lipinski definition) is 1. The van der Waals surface area contributed by atoms with E-state index in [4.69, 9.17) is 11.6 Å². The van der Waals surface area contributed by atoms with Gasteiger partial charge < -0.3 is 10.0 Å². The molecule has 23 heavy (non-hydrogen) atoms. The number of amides is 1. The van der Waals surface area contributed by atoms with Crippen molar-refractivity contribution in [3.05, 3.63) is 47.2 Å². The molecule has 2 aromatic rings. The molecule has 3 rings (SSSR count). The first-order chi connectivity index (χ1) is 11.0. The second kappa shape index (κ2) is 6.72. The minimum Gasteiger partial charge on any atom is -0.393 e. The van der Waals surface area contributed by atoms with Crippen LogP contribution in [-0.2, 0) is 0 Å². The summed E-state index contributed by atoms with van der Waals surface area (Å²) < 4.78 is 1.65. The highest BCUT2D eigenvalue weighted by Gasteiger charge is 2.28. The van der Waals surface area contributed by atoms with E-state index in [1.54, 1.807) is 41.2 Å². The van der Waals surface area contributed by atoms with Crippen LogP contribution in [0.25, 0.3) is 5.69 Å². The zero-order valence-electron chi connectivity index (χ0n) is 13.0. The first kappa shape index (κ1) is 16.0. The Bertz CT molecular complexity index is 683. The van der Waals surface area contributed by atoms with Crippen LogP contribution in [0.5, 0.6) is 0 Å². The fourth-order valence-corrected chi connectivity index (χ4v) is 3.18. The molecule has 1 aromatic carbocycles. The summed E-state index contributed by atoms with van der Waals surface area (Å²) >= 11 is 5.88. The van der Waals surface area contributed by atoms with Crippen molar-refractivity contribution in [3.63, 3.8) is 0 Å². The van der Waals surface area contributed by atoms with Crippen molar-refractivity contribution in [1.82, 2.24) is 14.7 Å². The molecule has 1 fully saturated rings. The summed E-state index contributed by atoms with van der Waals surface area (Å²) in [4.78, 5) is 14.2. The van der Waals surface area contributed by atoms with Crippen molar-refractivity contribution in [1.29, 1.82) is 0 Å². The number of hydrogen-bond acceptors (Lipinski definition) is 3. The van der Waals surface area contributed by atoms with Gasteiger partial charge in [-0.2, -0.15) is 5.10 Å². The minimum absolute atomic E-state index is 0.0793. The smallest absolute Gasteiger partial charge is 0.256 e. The van der Waals surface area contributed by atoms with Crippen molar-refractivity contribution in [2.75, 3.05) is 13.6 Å². The number of carbonyl (C=O) groups excluding carboxylic acids is 1. The number of halogens is 1. The number of aliphatic hydroxyl groups excluding tert-OH is 1. The summed E-state index contributed by atoms with van der Waals surface area (Å²) in [6.45, 7) is 0.576. The van der Waals surface area contributed by atoms with Crippen LogP contribution < -0.4 is 0 Å². The molecule has 0 radical (unpaired) electrons. The normalized spacial score (nSPS) is 20.7. The third kappa shape index (κ3) is 3.57. The van der Waals surface area contributed by atoms with Crippen LogP contribution in [0.4, 0.5) is 0 Å². The third-order valence-corrected chi connectivity index (χ3v) is 4.65. The first-order valence-electron chi connectivity index (χ1n) is 7.79. The Hall–Kier alpha value is -1.85. The van der Waals surface area contributed by atoms with Gasteiger partial charge in [-0.1, -0.05) is 18.0 Å². The van der Waals surface area contributed by atoms with Gasteiger partial charge in [0.15, 0.2) is 0 Å². The Morgan fingerprint density at radius 1 is 1.39 bits per heavy atom. The average molecular weight is 334 g/mol. The minimum atomic E-state index is -0.290. The lowest BCUT2D eigenvalue weighted by Gasteiger charge is -2.22. The van der Waals surface area contributed by atoms with E-state index in [2.05, 4.69) is 5.10 Å². The summed E-state index contributed by atoms with van der Waals surface area (Å²) in [6, 6.07) is 7.27. The SMILES string of the molecule is CN(CC1CCCC1O)C(=O)c1cnn(-c2ccc(Cl)cc2)c1. The van der Waals surface area contributed by atoms with Gasteiger partial charge in [-0.3, -0.25) is 4.79 Å². The van der Waals surface area contributed by atoms with Crippen molar-refractivity contribution >= 4 is 17.5 Å². The summed E-state index contributed by atoms with van der Waals surface area (Å²) in [5, 5.41) is 14.8. The fourth-order valence-electron chi connectivity index (χ4n) is 3.05. The maximum Gasteiger partial charge on any atom is 0.256 e. The lowest BCUT2D eigenvalue weighted by Crippen LogP contribution is -2.34. The zero-order chi connectivity index (χ0) is 16.4. The maximum absolute atomic E-state index is 12.5. The van der Waals surface area contributed by atoms with Gasteiger partial charge in [0.05, 0.1) is 23.6 Å². The van der Waals surface area contributed by atoms with Crippen LogP contribution in [0.3, 0.4) is 0 Å². The van der Waals surface area contributed by atoms with Crippen molar-refractivity contribution in [2.24, 2.45) is 5.92 Å². The standard InChI is InChI=1S/C17H20ClN3O2/c1-20(10-12-3-2-4-16(12)22)17(23)13-9-19-21(11-13)15-7-5-14(18)6-8-15/h5-9,11-12,16,22H,2-4,10H2,1H3. The van der Waals surface area contributed by atoms with Crippen molar-refractivity contribution < 1.29 is 9.90 Å². The molecule has 1 N–H and O–H groups in total. The molecule has 1 aromatic heterocycles. The van der Waals surface area contributed by atoms with Gasteiger partial charge in [0.2, 0.25) is 0 Å². The Balaban J connectivity index is 1.69. The van der Waals surface area contributed by atoms with Gasteiger partial charge in [-0.25, -0.2) is 4.68 Å². The second-order valence-electron chi connectivity index (χ2n) is 6.09. The highest BCUT2D eigenvalue weighted by Crippen LogP contribution is 2.26. The molecule has 5 nitrogen and oxygen atoms in total. The molecular weight excluding hydrogens is 314 g/mol. The van der Waals surface area contributed by atoms with Crippen LogP contribution >= 0.6 is 11.6 Å². The quantitative estimate of drug-likeness (QED) is 0.936. The van der Waals surface area contributed by atoms with Crippen molar-refractivity contribution in [2.45, 2.75) is 25.4 Å². The summed E-state index contributed by atoms with van der Waals surface area (Å²) in [6.07, 6.45) is 5.83. The molecule has 0 saturated heterocycles. The average Bonchev–Trinajstić information content (AvgIpc) is 3.17. The van der Waals surface area contributed by atoms with Crippen LogP contribution in [-0.4, -0.2) is 45.4 Å². The second-order valence-corrected chi connectivity index (χ2v) is 6.53. The topological polar surface area (TPSA) is 58.4 Å². The van der Waals surface area contributed by atoms with Crippen LogP contribution in [0, 0.1) is 5.92 Å². The molecule has 0 bridgehead atoms. The third-order valence-electron chi connectivity index (χ3n) is 4.39. The summed E-state index contributed by atoms with van der Waals surface area (Å²) in [5.74, 6) is 0.0968. The molecule has 6 heteroatoms. The Kier molecular flexibility index (Phi) is 4.68. The van der Waals surface area contributed by atoms with E-state index < -0.39 is 0 Å². The molecule has 1 saturated carbocycles. The van der Waals surface area contributed by atoms with E-state index in [0.29, 0.717) is 17.1 Å². The Labute approximate surface area is 140 Å². The lowest BCUT2D eigenvalue weighted by atomic mass is 10.1. The van der Waals surface area contributed by atoms with E-state index in [0.717, 1.165) is 24.9 Å². The van der Waals surface area contributed by atoms with Gasteiger partial charge in [0.1, 0.15) is 0 Å². The van der Waals surface area contributed by atoms with E-state index in [-0.39, 0.29) is 17.9 Å². The number of benzene rings is 1. The predicted octanol–water partition coefficient (Wildman–Crippen LogP) is 2.76. The van der Waals surface area contributed by atoms with Gasteiger partial charge >= 0.3 is 0 Å². The molecular formula is C17H20ClN3O2. The number of aliphatic hydroxyl groups is 1. The zero-order valence-corrected chi connectivity index (χ0v) is 13.8. The molecule has 122 valence electrons. The van der Waals surface area contributed by atoms with E-state index in [1.807, 2.05) is 12.1 Å². The fraction of sp³-hybridized carbons (Fsp3) is 0.412. The predicted molar refractivity (Wildman–Crippen MR) is 88.9 cm³/mol. The monoisotopic (exact) mass is 333 g/mol. The number of carbonyl (C=O) groups is 1. The van der Waals surface area contributed by atoms with Crippen LogP contribution in [0.15, 0.2) is 36.7 Å². The van der Waals surface area contributed by atoms with Crippen molar-refractivity contribution in [3.8, 4) is 5.69 Å². The largest absolute Gasteiger partial charge is 0.393 e. The highest BCUT2D eigenvalue weighted by atomic mass is 35.5. The van der Waals surface area contributed by atoms with E-state index in [9.17, 15) is 9.90 Å². The molecule has 1 amide bonds. The first-order valence-corrected chi connectivity index (χ1v) is 8.16. The molecule has 1 aliphatic carbocycles. The molecule has 0 spiro atoms. The lowest BCUT2D eigenvalue weighted by molar-refractivity contribution is 0.0693. The molecule has 2 atom stereocenters. The number of rotatable bonds is 4. The summed E-state index contributed by atoms with van der Waals surface area (Å²) in [7, 11) is 1.77. The number of nitrogens with zero attached hydrogens (tertiary/aromatic N) is 3. The highest BCUT2D eigenvalue weighted by molar-refractivity contribution is 6.30. The van der Waals surface area contributed by atoms with E-state index in [1.165, 1.54) is 0 Å². The summed E-state index contributed by atoms with van der Waals surface area (Å²) in [5.41, 5.74) is 1.39. The molecule has 2 unspecified atom stereocenters. The van der Waals surface area contributed by atoms with Crippen LogP contribution in [0.1, 0.15) is 29.6 Å². The number of aromatic nitrogens is 2. The van der Waals surface area contributed by atoms with Crippen LogP contribution in [0.2, 0.25) is 5.02 Å². The van der Waals surface area contributed by atoms with Gasteiger partial charge in [0.25, 0.3) is 5.91 Å². The molecule has 1 heterocycles. The maximum atomic E-state index is 12.5.